The Labute approximate surface area is 170 Å². The Morgan fingerprint density at radius 3 is 2.83 bits per heavy atom. The van der Waals surface area contributed by atoms with Gasteiger partial charge in [-0.25, -0.2) is 5.21 Å². The van der Waals surface area contributed by atoms with Gasteiger partial charge in [0.1, 0.15) is 5.75 Å². The number of nitrogens with one attached hydrogen (secondary N) is 2. The summed E-state index contributed by atoms with van der Waals surface area (Å²) in [6.07, 6.45) is 0.851. The van der Waals surface area contributed by atoms with E-state index in [0.717, 1.165) is 12.1 Å². The van der Waals surface area contributed by atoms with Gasteiger partial charge in [-0.2, -0.15) is 5.23 Å². The van der Waals surface area contributed by atoms with Crippen LogP contribution in [-0.4, -0.2) is 46.2 Å². The highest BCUT2D eigenvalue weighted by molar-refractivity contribution is 6.00. The molecular weight excluding hydrogens is 392 g/mol. The smallest absolute Gasteiger partial charge is 0.315 e. The molecule has 3 atom stereocenters. The first-order valence-electron chi connectivity index (χ1n) is 9.73. The maximum atomic E-state index is 13.1. The minimum Gasteiger partial charge on any atom is -0.595 e. The van der Waals surface area contributed by atoms with Crippen molar-refractivity contribution in [1.82, 2.24) is 9.47 Å². The van der Waals surface area contributed by atoms with Crippen LogP contribution < -0.4 is 20.8 Å². The Balaban J connectivity index is 1.41. The van der Waals surface area contributed by atoms with Gasteiger partial charge in [0.2, 0.25) is 5.69 Å². The van der Waals surface area contributed by atoms with Gasteiger partial charge in [0.15, 0.2) is 6.61 Å². The Hall–Kier alpha value is -3.21. The van der Waals surface area contributed by atoms with Crippen molar-refractivity contribution in [3.63, 3.8) is 0 Å². The molecule has 0 saturated carbocycles. The summed E-state index contributed by atoms with van der Waals surface area (Å²) in [7, 11) is 0. The first-order valence-corrected chi connectivity index (χ1v) is 9.73. The second kappa shape index (κ2) is 6.94. The van der Waals surface area contributed by atoms with Gasteiger partial charge < -0.3 is 24.7 Å². The van der Waals surface area contributed by atoms with Crippen LogP contribution in [0.4, 0.5) is 11.4 Å². The predicted octanol–water partition coefficient (Wildman–Crippen LogP) is -0.158. The highest BCUT2D eigenvalue weighted by Crippen LogP contribution is 2.36. The molecule has 0 spiro atoms. The van der Waals surface area contributed by atoms with Gasteiger partial charge in [-0.3, -0.25) is 14.4 Å². The lowest BCUT2D eigenvalue weighted by Gasteiger charge is -2.42. The molecule has 0 radical (unpaired) electrons. The number of rotatable bonds is 2. The fourth-order valence-electron chi connectivity index (χ4n) is 4.67. The number of piperidine rings is 1. The maximum absolute atomic E-state index is 13.1. The Morgan fingerprint density at radius 1 is 1.20 bits per heavy atom. The van der Waals surface area contributed by atoms with Crippen molar-refractivity contribution >= 4 is 23.2 Å². The van der Waals surface area contributed by atoms with Crippen LogP contribution in [0.15, 0.2) is 35.1 Å². The lowest BCUT2D eigenvalue weighted by atomic mass is 9.83. The van der Waals surface area contributed by atoms with Crippen molar-refractivity contribution in [1.29, 1.82) is 0 Å². The van der Waals surface area contributed by atoms with Gasteiger partial charge in [-0.1, -0.05) is 0 Å². The standard InChI is InChI=1S/C20H20N4O6/c25-18-10-30-17-4-1-12(6-14(17)21-18)19(26)22-7-11-5-13(9-22)15-2-3-16(24(28)29)20(27)23(15)8-11/h1-4,6,11,13,24,28H,5,7-10H2,(H,21,25). The van der Waals surface area contributed by atoms with Crippen molar-refractivity contribution in [3.8, 4) is 5.75 Å². The molecule has 3 aliphatic heterocycles. The van der Waals surface area contributed by atoms with E-state index < -0.39 is 10.8 Å². The van der Waals surface area contributed by atoms with Crippen molar-refractivity contribution in [2.24, 2.45) is 5.92 Å². The molecule has 4 heterocycles. The van der Waals surface area contributed by atoms with Crippen LogP contribution in [0.25, 0.3) is 0 Å². The normalized spacial score (nSPS) is 23.0. The van der Waals surface area contributed by atoms with Crippen molar-refractivity contribution in [2.75, 3.05) is 25.0 Å². The predicted molar refractivity (Wildman–Crippen MR) is 104 cm³/mol. The molecule has 3 aliphatic rings. The van der Waals surface area contributed by atoms with E-state index in [1.165, 1.54) is 6.07 Å². The third kappa shape index (κ3) is 3.05. The number of nitrogens with zero attached hydrogens (tertiary/aromatic N) is 2. The second-order valence-corrected chi connectivity index (χ2v) is 7.95. The van der Waals surface area contributed by atoms with Crippen LogP contribution in [0.2, 0.25) is 0 Å². The summed E-state index contributed by atoms with van der Waals surface area (Å²) >= 11 is 0. The van der Waals surface area contributed by atoms with Crippen LogP contribution in [0.3, 0.4) is 0 Å². The molecule has 1 fully saturated rings. The zero-order valence-electron chi connectivity index (χ0n) is 16.0. The van der Waals surface area contributed by atoms with E-state index >= 15 is 0 Å². The summed E-state index contributed by atoms with van der Waals surface area (Å²) in [5.41, 5.74) is 0.986. The Bertz CT molecular complexity index is 1110. The number of pyridine rings is 1. The maximum Gasteiger partial charge on any atom is 0.315 e. The van der Waals surface area contributed by atoms with E-state index in [1.54, 1.807) is 33.7 Å². The fourth-order valence-corrected chi connectivity index (χ4v) is 4.67. The number of quaternary nitrogens is 1. The molecule has 2 aromatic rings. The van der Waals surface area contributed by atoms with E-state index in [4.69, 9.17) is 4.74 Å². The molecule has 2 amide bonds. The molecule has 5 rings (SSSR count). The number of amides is 2. The highest BCUT2D eigenvalue weighted by Gasteiger charge is 2.37. The number of carbonyl (C=O) groups excluding carboxylic acids is 2. The molecule has 3 N–H and O–H groups in total. The van der Waals surface area contributed by atoms with Crippen LogP contribution in [0, 0.1) is 11.1 Å². The van der Waals surface area contributed by atoms with Crippen LogP contribution >= 0.6 is 0 Å². The average molecular weight is 412 g/mol. The largest absolute Gasteiger partial charge is 0.595 e. The average Bonchev–Trinajstić information content (AvgIpc) is 2.73. The molecule has 30 heavy (non-hydrogen) atoms. The number of ether oxygens (including phenoxy) is 1. The third-order valence-corrected chi connectivity index (χ3v) is 5.98. The summed E-state index contributed by atoms with van der Waals surface area (Å²) in [4.78, 5) is 39.0. The number of likely N-dealkylation sites (tertiary alicyclic amines) is 1. The van der Waals surface area contributed by atoms with E-state index in [2.05, 4.69) is 5.32 Å². The zero-order valence-corrected chi connectivity index (χ0v) is 16.0. The molecule has 1 aromatic heterocycles. The minimum atomic E-state index is -1.23. The van der Waals surface area contributed by atoms with Gasteiger partial charge in [-0.15, -0.1) is 0 Å². The van der Waals surface area contributed by atoms with Crippen molar-refractivity contribution < 1.29 is 24.8 Å². The van der Waals surface area contributed by atoms with E-state index in [9.17, 15) is 24.8 Å². The number of anilines is 1. The Morgan fingerprint density at radius 2 is 2.03 bits per heavy atom. The Kier molecular flexibility index (Phi) is 4.35. The van der Waals surface area contributed by atoms with Gasteiger partial charge in [-0.05, 0) is 36.6 Å². The summed E-state index contributed by atoms with van der Waals surface area (Å²) in [5.74, 6) is 0.164. The molecular formula is C20H20N4O6. The second-order valence-electron chi connectivity index (χ2n) is 7.95. The number of aromatic nitrogens is 1. The van der Waals surface area contributed by atoms with Crippen LogP contribution in [0.1, 0.15) is 28.4 Å². The van der Waals surface area contributed by atoms with Crippen LogP contribution in [0.5, 0.6) is 5.75 Å². The van der Waals surface area contributed by atoms with Crippen molar-refractivity contribution in [2.45, 2.75) is 18.9 Å². The zero-order chi connectivity index (χ0) is 21.0. The monoisotopic (exact) mass is 412 g/mol. The number of carbonyl (C=O) groups is 2. The van der Waals surface area contributed by atoms with E-state index in [1.807, 2.05) is 0 Å². The topological polar surface area (TPSA) is 128 Å². The summed E-state index contributed by atoms with van der Waals surface area (Å²) in [5, 5.41) is 22.0. The summed E-state index contributed by atoms with van der Waals surface area (Å²) < 4.78 is 6.89. The fraction of sp³-hybridized carbons (Fsp3) is 0.350. The van der Waals surface area contributed by atoms with Crippen LogP contribution in [-0.2, 0) is 11.3 Å². The number of benzene rings is 1. The van der Waals surface area contributed by atoms with E-state index in [-0.39, 0.29) is 35.9 Å². The van der Waals surface area contributed by atoms with Gasteiger partial charge in [0, 0.05) is 42.9 Å². The van der Waals surface area contributed by atoms with Gasteiger partial charge in [0.25, 0.3) is 11.8 Å². The van der Waals surface area contributed by atoms with E-state index in [0.29, 0.717) is 36.6 Å². The van der Waals surface area contributed by atoms with Crippen molar-refractivity contribution in [3.05, 3.63) is 57.2 Å². The molecule has 3 unspecified atom stereocenters. The first kappa shape index (κ1) is 18.8. The molecule has 1 aromatic carbocycles. The molecule has 0 aliphatic carbocycles. The lowest BCUT2D eigenvalue weighted by Crippen LogP contribution is -3.00. The lowest BCUT2D eigenvalue weighted by molar-refractivity contribution is -0.992. The molecule has 10 nitrogen and oxygen atoms in total. The third-order valence-electron chi connectivity index (χ3n) is 5.98. The highest BCUT2D eigenvalue weighted by atomic mass is 16.8. The number of hydrogen-bond acceptors (Lipinski definition) is 6. The quantitative estimate of drug-likeness (QED) is 0.588. The molecule has 1 saturated heterocycles. The number of fused-ring (bicyclic) bond motifs is 5. The molecule has 156 valence electrons. The van der Waals surface area contributed by atoms with Gasteiger partial charge in [0.05, 0.1) is 5.69 Å². The molecule has 2 bridgehead atoms. The first-order chi connectivity index (χ1) is 14.4. The minimum absolute atomic E-state index is 0.0299. The molecule has 10 heteroatoms. The SMILES string of the molecule is O=C1COc2ccc(C(=O)N3CC4CC(C3)c3ccc([NH+]([O-])O)c(=O)n3C4)cc2N1. The number of hydrogen-bond donors (Lipinski definition) is 3. The summed E-state index contributed by atoms with van der Waals surface area (Å²) in [6.45, 7) is 1.28. The van der Waals surface area contributed by atoms with Gasteiger partial charge >= 0.3 is 5.56 Å². The summed E-state index contributed by atoms with van der Waals surface area (Å²) in [6, 6.07) is 8.02.